The van der Waals surface area contributed by atoms with Gasteiger partial charge in [0.25, 0.3) is 5.91 Å². The second kappa shape index (κ2) is 8.63. The number of carbonyl (C=O) groups is 2. The van der Waals surface area contributed by atoms with E-state index >= 15 is 0 Å². The number of primary amides is 2. The molecule has 1 aromatic carbocycles. The summed E-state index contributed by atoms with van der Waals surface area (Å²) < 4.78 is 10.5. The lowest BCUT2D eigenvalue weighted by Gasteiger charge is -2.17. The van der Waals surface area contributed by atoms with Gasteiger partial charge in [-0.05, 0) is 12.3 Å². The van der Waals surface area contributed by atoms with Crippen LogP contribution < -0.4 is 31.6 Å². The molecule has 1 heterocycles. The molecule has 1 saturated carbocycles. The van der Waals surface area contributed by atoms with Crippen molar-refractivity contribution in [1.82, 2.24) is 9.97 Å². The number of nitrogens with zero attached hydrogens (tertiary/aromatic N) is 2. The molecule has 6 N–H and O–H groups in total. The Kier molecular flexibility index (Phi) is 6.01. The summed E-state index contributed by atoms with van der Waals surface area (Å²) in [4.78, 5) is 32.0. The number of rotatable bonds is 10. The van der Waals surface area contributed by atoms with E-state index in [1.807, 2.05) is 0 Å². The fourth-order valence-corrected chi connectivity index (χ4v) is 2.85. The van der Waals surface area contributed by atoms with E-state index < -0.39 is 17.9 Å². The average Bonchev–Trinajstić information content (AvgIpc) is 3.51. The lowest BCUT2D eigenvalue weighted by Crippen LogP contribution is -2.36. The minimum Gasteiger partial charge on any atom is -0.497 e. The van der Waals surface area contributed by atoms with Crippen LogP contribution in [-0.4, -0.2) is 42.0 Å². The summed E-state index contributed by atoms with van der Waals surface area (Å²) in [7, 11) is 3.06. The SMILES string of the molecule is COc1cc(Nc2nc(NC(CC3CC3)C(N)=O)cnc2C(N)=O)cc(OC)c1. The van der Waals surface area contributed by atoms with Crippen molar-refractivity contribution in [3.05, 3.63) is 30.1 Å². The van der Waals surface area contributed by atoms with Crippen molar-refractivity contribution in [2.24, 2.45) is 17.4 Å². The van der Waals surface area contributed by atoms with Crippen LogP contribution in [0.1, 0.15) is 29.8 Å². The molecule has 0 aliphatic heterocycles. The van der Waals surface area contributed by atoms with E-state index in [1.54, 1.807) is 18.2 Å². The topological polar surface area (TPSA) is 154 Å². The molecular formula is C19H24N6O4. The maximum absolute atomic E-state index is 11.8. The van der Waals surface area contributed by atoms with Crippen LogP contribution in [-0.2, 0) is 4.79 Å². The highest BCUT2D eigenvalue weighted by Crippen LogP contribution is 2.34. The third kappa shape index (κ3) is 5.24. The summed E-state index contributed by atoms with van der Waals surface area (Å²) in [5.41, 5.74) is 11.4. The zero-order chi connectivity index (χ0) is 21.0. The largest absolute Gasteiger partial charge is 0.497 e. The zero-order valence-electron chi connectivity index (χ0n) is 16.3. The number of nitrogens with one attached hydrogen (secondary N) is 2. The molecule has 2 amide bonds. The molecule has 10 heteroatoms. The predicted octanol–water partition coefficient (Wildman–Crippen LogP) is 1.40. The van der Waals surface area contributed by atoms with Gasteiger partial charge in [0.1, 0.15) is 23.4 Å². The smallest absolute Gasteiger partial charge is 0.271 e. The molecule has 154 valence electrons. The molecule has 0 spiro atoms. The summed E-state index contributed by atoms with van der Waals surface area (Å²) in [6.45, 7) is 0. The van der Waals surface area contributed by atoms with Gasteiger partial charge in [-0.3, -0.25) is 9.59 Å². The van der Waals surface area contributed by atoms with Gasteiger partial charge < -0.3 is 31.6 Å². The van der Waals surface area contributed by atoms with E-state index in [-0.39, 0.29) is 11.5 Å². The number of aromatic nitrogens is 2. The van der Waals surface area contributed by atoms with Crippen molar-refractivity contribution in [2.75, 3.05) is 24.9 Å². The van der Waals surface area contributed by atoms with Crippen LogP contribution in [0.15, 0.2) is 24.4 Å². The Morgan fingerprint density at radius 1 is 1.17 bits per heavy atom. The first-order valence-corrected chi connectivity index (χ1v) is 9.12. The monoisotopic (exact) mass is 400 g/mol. The number of amides is 2. The van der Waals surface area contributed by atoms with Crippen LogP contribution in [0.4, 0.5) is 17.3 Å². The zero-order valence-corrected chi connectivity index (χ0v) is 16.3. The van der Waals surface area contributed by atoms with Gasteiger partial charge in [-0.2, -0.15) is 0 Å². The number of hydrogen-bond acceptors (Lipinski definition) is 8. The lowest BCUT2D eigenvalue weighted by molar-refractivity contribution is -0.118. The first kappa shape index (κ1) is 20.2. The number of anilines is 3. The van der Waals surface area contributed by atoms with Gasteiger partial charge in [-0.25, -0.2) is 9.97 Å². The number of carbonyl (C=O) groups excluding carboxylic acids is 2. The first-order valence-electron chi connectivity index (χ1n) is 9.12. The van der Waals surface area contributed by atoms with Crippen molar-refractivity contribution in [2.45, 2.75) is 25.3 Å². The molecule has 1 unspecified atom stereocenters. The predicted molar refractivity (Wildman–Crippen MR) is 107 cm³/mol. The van der Waals surface area contributed by atoms with Crippen molar-refractivity contribution in [3.8, 4) is 11.5 Å². The van der Waals surface area contributed by atoms with Crippen LogP contribution in [0.5, 0.6) is 11.5 Å². The van der Waals surface area contributed by atoms with Gasteiger partial charge in [-0.1, -0.05) is 12.8 Å². The van der Waals surface area contributed by atoms with E-state index in [4.69, 9.17) is 20.9 Å². The van der Waals surface area contributed by atoms with E-state index in [1.165, 1.54) is 20.4 Å². The molecule has 10 nitrogen and oxygen atoms in total. The third-order valence-electron chi connectivity index (χ3n) is 4.55. The fourth-order valence-electron chi connectivity index (χ4n) is 2.85. The quantitative estimate of drug-likeness (QED) is 0.466. The number of hydrogen-bond donors (Lipinski definition) is 4. The minimum absolute atomic E-state index is 0.0462. The Labute approximate surface area is 168 Å². The Balaban J connectivity index is 1.89. The summed E-state index contributed by atoms with van der Waals surface area (Å²) in [5, 5.41) is 6.01. The Hall–Kier alpha value is -3.56. The minimum atomic E-state index is -0.745. The van der Waals surface area contributed by atoms with Crippen LogP contribution in [0.3, 0.4) is 0 Å². The molecule has 0 bridgehead atoms. The normalized spacial score (nSPS) is 14.0. The highest BCUT2D eigenvalue weighted by molar-refractivity contribution is 5.96. The second-order valence-electron chi connectivity index (χ2n) is 6.82. The van der Waals surface area contributed by atoms with Gasteiger partial charge in [-0.15, -0.1) is 0 Å². The molecule has 3 rings (SSSR count). The molecule has 1 aliphatic rings. The average molecular weight is 400 g/mol. The number of benzene rings is 1. The highest BCUT2D eigenvalue weighted by atomic mass is 16.5. The van der Waals surface area contributed by atoms with E-state index in [2.05, 4.69) is 20.6 Å². The molecule has 0 radical (unpaired) electrons. The maximum atomic E-state index is 11.8. The van der Waals surface area contributed by atoms with Crippen molar-refractivity contribution in [1.29, 1.82) is 0 Å². The summed E-state index contributed by atoms with van der Waals surface area (Å²) in [6, 6.07) is 4.54. The number of nitrogens with two attached hydrogens (primary N) is 2. The Bertz CT molecular complexity index is 893. The molecule has 1 aliphatic carbocycles. The standard InChI is InChI=1S/C19H24N6O4/c1-28-12-6-11(7-13(8-12)29-2)23-19-16(18(21)27)22-9-15(25-19)24-14(17(20)26)5-10-3-4-10/h6-10,14H,3-5H2,1-2H3,(H2,20,26)(H2,21,27)(H2,23,24,25). The van der Waals surface area contributed by atoms with Gasteiger partial charge in [0.2, 0.25) is 5.91 Å². The summed E-state index contributed by atoms with van der Waals surface area (Å²) >= 11 is 0. The maximum Gasteiger partial charge on any atom is 0.271 e. The molecule has 1 aromatic heterocycles. The number of ether oxygens (including phenoxy) is 2. The van der Waals surface area contributed by atoms with Crippen LogP contribution in [0, 0.1) is 5.92 Å². The molecule has 2 aromatic rings. The van der Waals surface area contributed by atoms with Crippen molar-refractivity contribution in [3.63, 3.8) is 0 Å². The van der Waals surface area contributed by atoms with Gasteiger partial charge in [0.15, 0.2) is 11.5 Å². The van der Waals surface area contributed by atoms with Gasteiger partial charge >= 0.3 is 0 Å². The van der Waals surface area contributed by atoms with Crippen molar-refractivity contribution < 1.29 is 19.1 Å². The van der Waals surface area contributed by atoms with Crippen molar-refractivity contribution >= 4 is 29.1 Å². The van der Waals surface area contributed by atoms with Gasteiger partial charge in [0.05, 0.1) is 20.4 Å². The van der Waals surface area contributed by atoms with Gasteiger partial charge in [0, 0.05) is 23.9 Å². The third-order valence-corrected chi connectivity index (χ3v) is 4.55. The second-order valence-corrected chi connectivity index (χ2v) is 6.82. The van der Waals surface area contributed by atoms with Crippen LogP contribution >= 0.6 is 0 Å². The fraction of sp³-hybridized carbons (Fsp3) is 0.368. The lowest BCUT2D eigenvalue weighted by atomic mass is 10.1. The molecule has 1 fully saturated rings. The van der Waals surface area contributed by atoms with E-state index in [9.17, 15) is 9.59 Å². The molecular weight excluding hydrogens is 376 g/mol. The Morgan fingerprint density at radius 3 is 2.34 bits per heavy atom. The van der Waals surface area contributed by atoms with Crippen LogP contribution in [0.25, 0.3) is 0 Å². The molecule has 0 saturated heterocycles. The summed E-state index contributed by atoms with van der Waals surface area (Å²) in [6.07, 6.45) is 4.15. The van der Waals surface area contributed by atoms with E-state index in [0.717, 1.165) is 12.8 Å². The van der Waals surface area contributed by atoms with Crippen LogP contribution in [0.2, 0.25) is 0 Å². The number of methoxy groups -OCH3 is 2. The molecule has 29 heavy (non-hydrogen) atoms. The first-order chi connectivity index (χ1) is 13.9. The van der Waals surface area contributed by atoms with E-state index in [0.29, 0.717) is 35.3 Å². The Morgan fingerprint density at radius 2 is 1.83 bits per heavy atom. The summed E-state index contributed by atoms with van der Waals surface area (Å²) in [5.74, 6) is 0.806. The molecule has 1 atom stereocenters. The highest BCUT2D eigenvalue weighted by Gasteiger charge is 2.28.